The number of carbonyl (C=O) groups excluding carboxylic acids is 1. The smallest absolute Gasteiger partial charge is 0.264 e. The fraction of sp³-hybridized carbons (Fsp3) is 0.533. The minimum Gasteiger partial charge on any atom is -0.356 e. The lowest BCUT2D eigenvalue weighted by molar-refractivity contribution is -0.119. The minimum absolute atomic E-state index is 0.0686. The van der Waals surface area contributed by atoms with Gasteiger partial charge in [-0.15, -0.1) is 0 Å². The van der Waals surface area contributed by atoms with E-state index < -0.39 is 16.2 Å². The van der Waals surface area contributed by atoms with E-state index in [9.17, 15) is 13.2 Å². The van der Waals surface area contributed by atoms with Crippen LogP contribution in [0.2, 0.25) is 0 Å². The van der Waals surface area contributed by atoms with Crippen LogP contribution < -0.4 is 5.32 Å². The van der Waals surface area contributed by atoms with Gasteiger partial charge in [-0.25, -0.2) is 0 Å². The Morgan fingerprint density at radius 1 is 1.19 bits per heavy atom. The van der Waals surface area contributed by atoms with Crippen LogP contribution in [-0.2, 0) is 19.1 Å². The molecule has 1 aliphatic heterocycles. The summed E-state index contributed by atoms with van der Waals surface area (Å²) in [7, 11) is -3.59. The molecule has 1 fully saturated rings. The Kier molecular flexibility index (Phi) is 4.68. The number of carbonyl (C=O) groups is 1. The van der Waals surface area contributed by atoms with Crippen molar-refractivity contribution in [2.24, 2.45) is 5.92 Å². The zero-order chi connectivity index (χ0) is 15.6. The molecule has 0 aliphatic carbocycles. The SMILES string of the molecule is CC(C)c1ccc(C(OS(C)(=O)=O)C2CNC(=O)C2)cc1. The molecule has 1 aromatic carbocycles. The van der Waals surface area contributed by atoms with Crippen molar-refractivity contribution in [2.45, 2.75) is 32.3 Å². The molecule has 1 aliphatic rings. The molecule has 0 radical (unpaired) electrons. The van der Waals surface area contributed by atoms with Gasteiger partial charge >= 0.3 is 0 Å². The van der Waals surface area contributed by atoms with Crippen molar-refractivity contribution >= 4 is 16.0 Å². The Morgan fingerprint density at radius 2 is 1.76 bits per heavy atom. The average molecular weight is 311 g/mol. The van der Waals surface area contributed by atoms with Crippen LogP contribution in [0, 0.1) is 5.92 Å². The van der Waals surface area contributed by atoms with Crippen LogP contribution in [0.5, 0.6) is 0 Å². The molecule has 1 amide bonds. The highest BCUT2D eigenvalue weighted by atomic mass is 32.2. The van der Waals surface area contributed by atoms with E-state index in [1.165, 1.54) is 5.56 Å². The predicted molar refractivity (Wildman–Crippen MR) is 80.3 cm³/mol. The second kappa shape index (κ2) is 6.15. The fourth-order valence-electron chi connectivity index (χ4n) is 2.51. The molecular weight excluding hydrogens is 290 g/mol. The van der Waals surface area contributed by atoms with E-state index >= 15 is 0 Å². The van der Waals surface area contributed by atoms with Gasteiger partial charge in [-0.3, -0.25) is 8.98 Å². The highest BCUT2D eigenvalue weighted by Crippen LogP contribution is 2.32. The maximum Gasteiger partial charge on any atom is 0.264 e. The zero-order valence-corrected chi connectivity index (χ0v) is 13.3. The van der Waals surface area contributed by atoms with Crippen molar-refractivity contribution in [2.75, 3.05) is 12.8 Å². The zero-order valence-electron chi connectivity index (χ0n) is 12.5. The molecule has 2 rings (SSSR count). The van der Waals surface area contributed by atoms with E-state index in [-0.39, 0.29) is 18.2 Å². The van der Waals surface area contributed by atoms with Crippen LogP contribution in [0.15, 0.2) is 24.3 Å². The minimum atomic E-state index is -3.59. The van der Waals surface area contributed by atoms with Crippen molar-refractivity contribution in [1.29, 1.82) is 0 Å². The molecule has 1 N–H and O–H groups in total. The second-order valence-corrected chi connectivity index (χ2v) is 7.41. The fourth-order valence-corrected chi connectivity index (χ4v) is 3.15. The summed E-state index contributed by atoms with van der Waals surface area (Å²) < 4.78 is 28.2. The summed E-state index contributed by atoms with van der Waals surface area (Å²) in [5, 5.41) is 2.72. The van der Waals surface area contributed by atoms with Gasteiger partial charge in [0.2, 0.25) is 5.91 Å². The first kappa shape index (κ1) is 16.0. The summed E-state index contributed by atoms with van der Waals surface area (Å²) in [5.74, 6) is 0.168. The first-order valence-corrected chi connectivity index (χ1v) is 8.82. The first-order chi connectivity index (χ1) is 9.76. The third-order valence-electron chi connectivity index (χ3n) is 3.65. The Hall–Kier alpha value is -1.40. The third kappa shape index (κ3) is 4.28. The van der Waals surface area contributed by atoms with E-state index in [0.29, 0.717) is 12.5 Å². The van der Waals surface area contributed by atoms with Crippen LogP contribution in [0.1, 0.15) is 43.4 Å². The maximum atomic E-state index is 11.5. The van der Waals surface area contributed by atoms with Gasteiger partial charge < -0.3 is 5.32 Å². The largest absolute Gasteiger partial charge is 0.356 e. The molecule has 116 valence electrons. The lowest BCUT2D eigenvalue weighted by atomic mass is 9.93. The molecule has 1 saturated heterocycles. The van der Waals surface area contributed by atoms with E-state index in [2.05, 4.69) is 19.2 Å². The van der Waals surface area contributed by atoms with Gasteiger partial charge in [0.05, 0.1) is 6.26 Å². The van der Waals surface area contributed by atoms with Gasteiger partial charge in [-0.1, -0.05) is 38.1 Å². The van der Waals surface area contributed by atoms with E-state index in [1.54, 1.807) is 0 Å². The normalized spacial score (nSPS) is 20.6. The third-order valence-corrected chi connectivity index (χ3v) is 4.20. The highest BCUT2D eigenvalue weighted by Gasteiger charge is 2.33. The second-order valence-electron chi connectivity index (χ2n) is 5.81. The van der Waals surface area contributed by atoms with Crippen LogP contribution in [-0.4, -0.2) is 27.1 Å². The summed E-state index contributed by atoms with van der Waals surface area (Å²) in [6.45, 7) is 4.63. The van der Waals surface area contributed by atoms with Crippen molar-refractivity contribution in [3.63, 3.8) is 0 Å². The maximum absolute atomic E-state index is 11.5. The molecule has 0 bridgehead atoms. The molecule has 0 spiro atoms. The summed E-state index contributed by atoms with van der Waals surface area (Å²) in [5.41, 5.74) is 1.96. The van der Waals surface area contributed by atoms with E-state index in [0.717, 1.165) is 11.8 Å². The van der Waals surface area contributed by atoms with Gasteiger partial charge in [0.15, 0.2) is 0 Å². The quantitative estimate of drug-likeness (QED) is 0.844. The molecule has 6 heteroatoms. The average Bonchev–Trinajstić information content (AvgIpc) is 2.81. The molecule has 0 saturated carbocycles. The molecule has 2 unspecified atom stereocenters. The predicted octanol–water partition coefficient (Wildman–Crippen LogP) is 1.96. The molecule has 21 heavy (non-hydrogen) atoms. The standard InChI is InChI=1S/C15H21NO4S/c1-10(2)11-4-6-12(7-5-11)15(20-21(3,18)19)13-8-14(17)16-9-13/h4-7,10,13,15H,8-9H2,1-3H3,(H,16,17). The van der Waals surface area contributed by atoms with Crippen molar-refractivity contribution in [3.05, 3.63) is 35.4 Å². The Bertz CT molecular complexity index is 607. The molecule has 1 aromatic rings. The lowest BCUT2D eigenvalue weighted by Gasteiger charge is -2.22. The first-order valence-electron chi connectivity index (χ1n) is 7.01. The summed E-state index contributed by atoms with van der Waals surface area (Å²) in [6, 6.07) is 7.72. The van der Waals surface area contributed by atoms with Crippen LogP contribution >= 0.6 is 0 Å². The summed E-state index contributed by atoms with van der Waals surface area (Å²) in [6.07, 6.45) is 0.693. The van der Waals surface area contributed by atoms with Gasteiger partial charge in [0.1, 0.15) is 6.10 Å². The number of nitrogens with one attached hydrogen (secondary N) is 1. The molecule has 0 aromatic heterocycles. The van der Waals surface area contributed by atoms with Crippen LogP contribution in [0.25, 0.3) is 0 Å². The van der Waals surface area contributed by atoms with Crippen LogP contribution in [0.3, 0.4) is 0 Å². The molecular formula is C15H21NO4S. The Morgan fingerprint density at radius 3 is 2.19 bits per heavy atom. The molecule has 2 atom stereocenters. The van der Waals surface area contributed by atoms with E-state index in [1.807, 2.05) is 24.3 Å². The van der Waals surface area contributed by atoms with Gasteiger partial charge in [-0.05, 0) is 17.0 Å². The molecule has 1 heterocycles. The Balaban J connectivity index is 2.28. The van der Waals surface area contributed by atoms with E-state index in [4.69, 9.17) is 4.18 Å². The number of benzene rings is 1. The van der Waals surface area contributed by atoms with Crippen molar-refractivity contribution < 1.29 is 17.4 Å². The number of hydrogen-bond acceptors (Lipinski definition) is 4. The number of hydrogen-bond donors (Lipinski definition) is 1. The van der Waals surface area contributed by atoms with Crippen LogP contribution in [0.4, 0.5) is 0 Å². The van der Waals surface area contributed by atoms with Crippen molar-refractivity contribution in [3.8, 4) is 0 Å². The highest BCUT2D eigenvalue weighted by molar-refractivity contribution is 7.86. The van der Waals surface area contributed by atoms with Gasteiger partial charge in [-0.2, -0.15) is 8.42 Å². The van der Waals surface area contributed by atoms with Gasteiger partial charge in [0, 0.05) is 18.9 Å². The lowest BCUT2D eigenvalue weighted by Crippen LogP contribution is -2.21. The monoisotopic (exact) mass is 311 g/mol. The number of rotatable bonds is 5. The topological polar surface area (TPSA) is 72.5 Å². The van der Waals surface area contributed by atoms with Crippen molar-refractivity contribution in [1.82, 2.24) is 5.32 Å². The van der Waals surface area contributed by atoms with Gasteiger partial charge in [0.25, 0.3) is 10.1 Å². The number of amides is 1. The molecule has 5 nitrogen and oxygen atoms in total. The summed E-state index contributed by atoms with van der Waals surface area (Å²) >= 11 is 0. The Labute approximate surface area is 125 Å². The summed E-state index contributed by atoms with van der Waals surface area (Å²) in [4.78, 5) is 11.4.